The minimum Gasteiger partial charge on any atom is -0.263 e. The van der Waals surface area contributed by atoms with E-state index in [2.05, 4.69) is 44.4 Å². The third kappa shape index (κ3) is 2.80. The van der Waals surface area contributed by atoms with Crippen LogP contribution in [-0.4, -0.2) is 13.4 Å². The van der Waals surface area contributed by atoms with Gasteiger partial charge in [-0.15, -0.1) is 0 Å². The first-order chi connectivity index (χ1) is 11.5. The fourth-order valence-corrected chi connectivity index (χ4v) is 4.30. The molecule has 4 rings (SSSR count). The van der Waals surface area contributed by atoms with Crippen LogP contribution in [-0.2, 0) is 16.4 Å². The topological polar surface area (TPSA) is 59.1 Å². The number of sulfonamides is 1. The number of pyridine rings is 1. The molecule has 0 radical (unpaired) electrons. The number of halogens is 1. The van der Waals surface area contributed by atoms with Crippen LogP contribution in [0.2, 0.25) is 0 Å². The van der Waals surface area contributed by atoms with Crippen LogP contribution in [0.25, 0.3) is 11.1 Å². The summed E-state index contributed by atoms with van der Waals surface area (Å²) in [4.78, 5) is 4.35. The van der Waals surface area contributed by atoms with E-state index in [1.54, 1.807) is 24.4 Å². The van der Waals surface area contributed by atoms with E-state index >= 15 is 0 Å². The van der Waals surface area contributed by atoms with Gasteiger partial charge in [-0.25, -0.2) is 13.4 Å². The second-order valence-corrected chi connectivity index (χ2v) is 8.55. The second-order valence-electron chi connectivity index (χ2n) is 5.62. The molecule has 0 fully saturated rings. The second kappa shape index (κ2) is 5.86. The number of hydrogen-bond donors (Lipinski definition) is 1. The molecule has 0 saturated heterocycles. The van der Waals surface area contributed by atoms with Crippen molar-refractivity contribution in [1.82, 2.24) is 4.98 Å². The zero-order valence-corrected chi connectivity index (χ0v) is 15.5. The van der Waals surface area contributed by atoms with Gasteiger partial charge in [-0.2, -0.15) is 0 Å². The van der Waals surface area contributed by atoms with Crippen LogP contribution in [0, 0.1) is 3.57 Å². The Morgan fingerprint density at radius 2 is 1.75 bits per heavy atom. The summed E-state index contributed by atoms with van der Waals surface area (Å²) >= 11 is 2.13. The number of nitrogens with one attached hydrogen (secondary N) is 1. The maximum absolute atomic E-state index is 12.6. The molecule has 1 heterocycles. The predicted molar refractivity (Wildman–Crippen MR) is 102 cm³/mol. The van der Waals surface area contributed by atoms with Crippen molar-refractivity contribution in [2.75, 3.05) is 4.72 Å². The van der Waals surface area contributed by atoms with Crippen molar-refractivity contribution in [3.05, 3.63) is 75.5 Å². The molecular weight excluding hydrogens is 435 g/mol. The summed E-state index contributed by atoms with van der Waals surface area (Å²) in [6.07, 6.45) is 2.38. The van der Waals surface area contributed by atoms with Gasteiger partial charge in [0.2, 0.25) is 0 Å². The monoisotopic (exact) mass is 448 g/mol. The van der Waals surface area contributed by atoms with Crippen molar-refractivity contribution in [1.29, 1.82) is 0 Å². The quantitative estimate of drug-likeness (QED) is 0.481. The third-order valence-electron chi connectivity index (χ3n) is 4.04. The molecule has 120 valence electrons. The van der Waals surface area contributed by atoms with Crippen molar-refractivity contribution in [3.8, 4) is 11.1 Å². The summed E-state index contributed by atoms with van der Waals surface area (Å²) < 4.78 is 28.7. The molecule has 1 N–H and O–H groups in total. The largest absolute Gasteiger partial charge is 0.263 e. The molecule has 0 amide bonds. The summed E-state index contributed by atoms with van der Waals surface area (Å²) in [7, 11) is -3.65. The molecule has 1 aliphatic carbocycles. The number of hydrogen-bond acceptors (Lipinski definition) is 3. The van der Waals surface area contributed by atoms with E-state index < -0.39 is 10.0 Å². The van der Waals surface area contributed by atoms with Gasteiger partial charge >= 0.3 is 0 Å². The van der Waals surface area contributed by atoms with Crippen molar-refractivity contribution in [2.45, 2.75) is 11.3 Å². The highest BCUT2D eigenvalue weighted by Gasteiger charge is 2.22. The van der Waals surface area contributed by atoms with Gasteiger partial charge in [0.05, 0.1) is 4.90 Å². The number of fused-ring (bicyclic) bond motifs is 3. The van der Waals surface area contributed by atoms with Crippen LogP contribution in [0.1, 0.15) is 11.1 Å². The molecule has 24 heavy (non-hydrogen) atoms. The predicted octanol–water partition coefficient (Wildman–Crippen LogP) is 4.06. The molecule has 0 spiro atoms. The maximum atomic E-state index is 12.6. The van der Waals surface area contributed by atoms with E-state index in [-0.39, 0.29) is 4.90 Å². The van der Waals surface area contributed by atoms with Crippen LogP contribution < -0.4 is 4.72 Å². The number of nitrogens with zero attached hydrogens (tertiary/aromatic N) is 1. The normalized spacial score (nSPS) is 12.5. The van der Waals surface area contributed by atoms with Gasteiger partial charge in [0.15, 0.2) is 0 Å². The van der Waals surface area contributed by atoms with E-state index in [0.29, 0.717) is 5.82 Å². The van der Waals surface area contributed by atoms with Gasteiger partial charge in [-0.3, -0.25) is 4.72 Å². The van der Waals surface area contributed by atoms with Gasteiger partial charge in [0, 0.05) is 9.77 Å². The van der Waals surface area contributed by atoms with E-state index in [0.717, 1.165) is 21.1 Å². The van der Waals surface area contributed by atoms with E-state index in [1.165, 1.54) is 11.1 Å². The van der Waals surface area contributed by atoms with Crippen molar-refractivity contribution in [3.63, 3.8) is 0 Å². The highest BCUT2D eigenvalue weighted by Crippen LogP contribution is 2.37. The van der Waals surface area contributed by atoms with Crippen LogP contribution in [0.3, 0.4) is 0 Å². The molecular formula is C18H13IN2O2S. The van der Waals surface area contributed by atoms with Crippen molar-refractivity contribution < 1.29 is 8.42 Å². The molecule has 1 aliphatic rings. The van der Waals surface area contributed by atoms with Crippen LogP contribution in [0.4, 0.5) is 5.82 Å². The van der Waals surface area contributed by atoms with Gasteiger partial charge in [-0.1, -0.05) is 30.3 Å². The Hall–Kier alpha value is -1.93. The maximum Gasteiger partial charge on any atom is 0.263 e. The first-order valence-electron chi connectivity index (χ1n) is 7.38. The Labute approximate surface area is 154 Å². The van der Waals surface area contributed by atoms with Gasteiger partial charge in [-0.05, 0) is 75.5 Å². The summed E-state index contributed by atoms with van der Waals surface area (Å²) in [5.74, 6) is 0.319. The minimum absolute atomic E-state index is 0.259. The molecule has 6 heteroatoms. The number of benzene rings is 2. The summed E-state index contributed by atoms with van der Waals surface area (Å²) in [6.45, 7) is 0. The summed E-state index contributed by atoms with van der Waals surface area (Å²) in [5, 5.41) is 0. The highest BCUT2D eigenvalue weighted by molar-refractivity contribution is 14.1. The van der Waals surface area contributed by atoms with E-state index in [4.69, 9.17) is 0 Å². The van der Waals surface area contributed by atoms with Crippen LogP contribution in [0.5, 0.6) is 0 Å². The summed E-state index contributed by atoms with van der Waals surface area (Å²) in [6, 6.07) is 16.9. The first kappa shape index (κ1) is 15.6. The standard InChI is InChI=1S/C18H13IN2O2S/c19-14-5-8-18(20-11-14)21-24(22,23)15-6-7-17-13(10-15)9-12-3-1-2-4-16(12)17/h1-8,10-11H,9H2,(H,20,21). The lowest BCUT2D eigenvalue weighted by Gasteiger charge is -2.09. The molecule has 0 atom stereocenters. The molecule has 0 aliphatic heterocycles. The molecule has 0 unspecified atom stereocenters. The number of aromatic nitrogens is 1. The SMILES string of the molecule is O=S(=O)(Nc1ccc(I)cn1)c1ccc2c(c1)Cc1ccccc1-2. The Kier molecular flexibility index (Phi) is 3.80. The minimum atomic E-state index is -3.65. The molecule has 4 nitrogen and oxygen atoms in total. The van der Waals surface area contributed by atoms with Crippen molar-refractivity contribution >= 4 is 38.4 Å². The van der Waals surface area contributed by atoms with E-state index in [1.807, 2.05) is 24.3 Å². The summed E-state index contributed by atoms with van der Waals surface area (Å²) in [5.41, 5.74) is 4.56. The molecule has 0 bridgehead atoms. The molecule has 3 aromatic rings. The fraction of sp³-hybridized carbons (Fsp3) is 0.0556. The van der Waals surface area contributed by atoms with Gasteiger partial charge in [0.1, 0.15) is 5.82 Å². The van der Waals surface area contributed by atoms with Gasteiger partial charge < -0.3 is 0 Å². The smallest absolute Gasteiger partial charge is 0.263 e. The Morgan fingerprint density at radius 1 is 0.958 bits per heavy atom. The number of rotatable bonds is 3. The molecule has 2 aromatic carbocycles. The lowest BCUT2D eigenvalue weighted by molar-refractivity contribution is 0.601. The Bertz CT molecular complexity index is 1030. The van der Waals surface area contributed by atoms with E-state index in [9.17, 15) is 8.42 Å². The lowest BCUT2D eigenvalue weighted by atomic mass is 10.1. The fourth-order valence-electron chi connectivity index (χ4n) is 2.92. The van der Waals surface area contributed by atoms with Crippen LogP contribution >= 0.6 is 22.6 Å². The molecule has 1 aromatic heterocycles. The first-order valence-corrected chi connectivity index (χ1v) is 9.95. The number of anilines is 1. The Morgan fingerprint density at radius 3 is 2.54 bits per heavy atom. The lowest BCUT2D eigenvalue weighted by Crippen LogP contribution is -2.14. The Balaban J connectivity index is 1.68. The van der Waals surface area contributed by atoms with Gasteiger partial charge in [0.25, 0.3) is 10.0 Å². The highest BCUT2D eigenvalue weighted by atomic mass is 127. The zero-order chi connectivity index (χ0) is 16.7. The zero-order valence-electron chi connectivity index (χ0n) is 12.5. The average Bonchev–Trinajstić information content (AvgIpc) is 2.94. The molecule has 0 saturated carbocycles. The average molecular weight is 448 g/mol. The van der Waals surface area contributed by atoms with Crippen LogP contribution in [0.15, 0.2) is 65.7 Å². The van der Waals surface area contributed by atoms with Crippen molar-refractivity contribution in [2.24, 2.45) is 0 Å². The third-order valence-corrected chi connectivity index (χ3v) is 6.03.